The van der Waals surface area contributed by atoms with Gasteiger partial charge in [0.15, 0.2) is 24.1 Å². The van der Waals surface area contributed by atoms with E-state index in [-0.39, 0.29) is 36.0 Å². The number of fused-ring (bicyclic) bond motifs is 1. The number of halogens is 1. The Bertz CT molecular complexity index is 1510. The highest BCUT2D eigenvalue weighted by Gasteiger charge is 2.51. The van der Waals surface area contributed by atoms with E-state index in [0.29, 0.717) is 77.1 Å². The Balaban J connectivity index is 1.28. The first kappa shape index (κ1) is 38.7. The SMILES string of the molecule is C#CCOCCOCCOCCOCCNC(=O)C1CN(c2nc(Cl)nc3c2cnn3[C@@H]2O[C@H](COC(C)=O)[C@@H](OC(C)=O)[C@H]2OC(C)=O)C1. The van der Waals surface area contributed by atoms with Gasteiger partial charge in [0.1, 0.15) is 25.1 Å². The molecule has 2 saturated heterocycles. The normalized spacial score (nSPS) is 20.3. The molecule has 4 atom stereocenters. The molecule has 4 heterocycles. The molecule has 0 saturated carbocycles. The number of ether oxygens (including phenoxy) is 8. The second-order valence-electron chi connectivity index (χ2n) is 11.1. The van der Waals surface area contributed by atoms with Crippen molar-refractivity contribution in [2.24, 2.45) is 5.92 Å². The summed E-state index contributed by atoms with van der Waals surface area (Å²) in [7, 11) is 0. The number of hydrogen-bond acceptors (Lipinski definition) is 16. The summed E-state index contributed by atoms with van der Waals surface area (Å²) in [5, 5.41) is 7.68. The van der Waals surface area contributed by atoms with Crippen LogP contribution in [-0.4, -0.2) is 141 Å². The van der Waals surface area contributed by atoms with Crippen molar-refractivity contribution in [3.8, 4) is 12.3 Å². The molecule has 0 radical (unpaired) electrons. The quantitative estimate of drug-likeness (QED) is 0.0631. The third-order valence-corrected chi connectivity index (χ3v) is 7.56. The Hall–Kier alpha value is -4.12. The van der Waals surface area contributed by atoms with Crippen LogP contribution in [0.5, 0.6) is 0 Å². The van der Waals surface area contributed by atoms with Crippen LogP contribution in [-0.2, 0) is 57.1 Å². The molecule has 1 amide bonds. The summed E-state index contributed by atoms with van der Waals surface area (Å²) in [6, 6.07) is 0. The molecule has 18 nitrogen and oxygen atoms in total. The van der Waals surface area contributed by atoms with E-state index in [1.807, 2.05) is 4.90 Å². The highest BCUT2D eigenvalue weighted by atomic mass is 35.5. The molecular weight excluding hydrogens is 684 g/mol. The molecule has 2 aromatic heterocycles. The Morgan fingerprint density at radius 2 is 1.54 bits per heavy atom. The second kappa shape index (κ2) is 19.3. The van der Waals surface area contributed by atoms with Gasteiger partial charge in [0.25, 0.3) is 0 Å². The van der Waals surface area contributed by atoms with E-state index in [9.17, 15) is 19.2 Å². The molecule has 2 aromatic rings. The third kappa shape index (κ3) is 10.9. The van der Waals surface area contributed by atoms with Gasteiger partial charge in [0.2, 0.25) is 11.2 Å². The maximum Gasteiger partial charge on any atom is 0.303 e. The molecule has 2 fully saturated rings. The number of carbonyl (C=O) groups excluding carboxylic acids is 4. The first-order valence-corrected chi connectivity index (χ1v) is 16.3. The lowest BCUT2D eigenvalue weighted by Crippen LogP contribution is -2.54. The van der Waals surface area contributed by atoms with Crippen molar-refractivity contribution in [2.75, 3.05) is 84.0 Å². The molecule has 274 valence electrons. The standard InChI is InChI=1S/C31H41ClN6O12/c1-5-7-43-9-11-45-13-14-46-12-10-44-8-6-33-29(42)22-16-37(17-22)27-23-15-34-38(28(23)36-31(32)35-27)30-26(49-21(4)41)25(48-20(3)40)24(50-30)18-47-19(2)39/h1,15,22,24-26,30H,6-14,16-18H2,2-4H3,(H,33,42)/t24-,25-,26-,30-/m1/s1. The number of rotatable bonds is 20. The van der Waals surface area contributed by atoms with Crippen molar-refractivity contribution in [3.63, 3.8) is 0 Å². The summed E-state index contributed by atoms with van der Waals surface area (Å²) in [4.78, 5) is 58.8. The number of nitrogens with zero attached hydrogens (tertiary/aromatic N) is 5. The van der Waals surface area contributed by atoms with Crippen LogP contribution >= 0.6 is 11.6 Å². The minimum Gasteiger partial charge on any atom is -0.463 e. The van der Waals surface area contributed by atoms with E-state index in [2.05, 4.69) is 26.3 Å². The van der Waals surface area contributed by atoms with E-state index in [4.69, 9.17) is 55.9 Å². The van der Waals surface area contributed by atoms with Crippen LogP contribution < -0.4 is 10.2 Å². The van der Waals surface area contributed by atoms with E-state index in [0.717, 1.165) is 0 Å². The van der Waals surface area contributed by atoms with Crippen LogP contribution in [0.2, 0.25) is 5.28 Å². The van der Waals surface area contributed by atoms with Crippen LogP contribution in [0.3, 0.4) is 0 Å². The van der Waals surface area contributed by atoms with Gasteiger partial charge < -0.3 is 48.1 Å². The minimum absolute atomic E-state index is 0.100. The van der Waals surface area contributed by atoms with E-state index in [1.165, 1.54) is 31.6 Å². The smallest absolute Gasteiger partial charge is 0.303 e. The molecule has 0 spiro atoms. The van der Waals surface area contributed by atoms with Gasteiger partial charge in [0, 0.05) is 40.4 Å². The van der Waals surface area contributed by atoms with E-state index >= 15 is 0 Å². The fraction of sp³-hybridized carbons (Fsp3) is 0.645. The predicted octanol–water partition coefficient (Wildman–Crippen LogP) is 0.0556. The number of terminal acetylenes is 1. The summed E-state index contributed by atoms with van der Waals surface area (Å²) in [5.41, 5.74) is 0.240. The average Bonchev–Trinajstić information content (AvgIpc) is 3.59. The lowest BCUT2D eigenvalue weighted by Gasteiger charge is -2.39. The summed E-state index contributed by atoms with van der Waals surface area (Å²) in [6.07, 6.45) is 2.19. The van der Waals surface area contributed by atoms with E-state index in [1.54, 1.807) is 0 Å². The molecule has 2 aliphatic heterocycles. The van der Waals surface area contributed by atoms with Crippen LogP contribution in [0.4, 0.5) is 5.82 Å². The molecule has 0 aliphatic carbocycles. The van der Waals surface area contributed by atoms with Crippen molar-refractivity contribution in [1.82, 2.24) is 25.1 Å². The molecule has 1 N–H and O–H groups in total. The maximum absolute atomic E-state index is 12.7. The summed E-state index contributed by atoms with van der Waals surface area (Å²) < 4.78 is 44.9. The van der Waals surface area contributed by atoms with Crippen molar-refractivity contribution in [1.29, 1.82) is 0 Å². The van der Waals surface area contributed by atoms with Gasteiger partial charge in [-0.1, -0.05) is 5.92 Å². The topological polar surface area (TPSA) is 201 Å². The van der Waals surface area contributed by atoms with Gasteiger partial charge in [0.05, 0.1) is 63.7 Å². The number of aromatic nitrogens is 4. The Morgan fingerprint density at radius 1 is 0.920 bits per heavy atom. The van der Waals surface area contributed by atoms with Crippen molar-refractivity contribution < 1.29 is 57.1 Å². The first-order chi connectivity index (χ1) is 24.1. The average molecular weight is 725 g/mol. The number of nitrogens with one attached hydrogen (secondary N) is 1. The Morgan fingerprint density at radius 3 is 2.16 bits per heavy atom. The van der Waals surface area contributed by atoms with Crippen LogP contribution in [0.15, 0.2) is 6.20 Å². The fourth-order valence-electron chi connectivity index (χ4n) is 5.20. The van der Waals surface area contributed by atoms with Crippen molar-refractivity contribution >= 4 is 52.3 Å². The van der Waals surface area contributed by atoms with Gasteiger partial charge in [-0.25, -0.2) is 4.68 Å². The monoisotopic (exact) mass is 724 g/mol. The molecule has 4 rings (SSSR count). The van der Waals surface area contributed by atoms with Gasteiger partial charge in [-0.05, 0) is 11.6 Å². The Kier molecular flexibility index (Phi) is 14.9. The lowest BCUT2D eigenvalue weighted by atomic mass is 9.99. The molecule has 19 heteroatoms. The molecule has 0 unspecified atom stereocenters. The zero-order valence-electron chi connectivity index (χ0n) is 28.0. The van der Waals surface area contributed by atoms with Gasteiger partial charge in [-0.15, -0.1) is 6.42 Å². The summed E-state index contributed by atoms with van der Waals surface area (Å²) in [5.74, 6) is 0.490. The number of amides is 1. The highest BCUT2D eigenvalue weighted by molar-refractivity contribution is 6.28. The zero-order valence-corrected chi connectivity index (χ0v) is 28.8. The molecule has 0 bridgehead atoms. The van der Waals surface area contributed by atoms with E-state index < -0.39 is 42.4 Å². The zero-order chi connectivity index (χ0) is 36.0. The molecule has 0 aromatic carbocycles. The van der Waals surface area contributed by atoms with Crippen LogP contribution in [0, 0.1) is 18.3 Å². The molecule has 2 aliphatic rings. The highest BCUT2D eigenvalue weighted by Crippen LogP contribution is 2.38. The Labute approximate surface area is 293 Å². The minimum atomic E-state index is -1.17. The van der Waals surface area contributed by atoms with Crippen LogP contribution in [0.1, 0.15) is 27.0 Å². The fourth-order valence-corrected chi connectivity index (χ4v) is 5.36. The van der Waals surface area contributed by atoms with Crippen molar-refractivity contribution in [3.05, 3.63) is 11.5 Å². The summed E-state index contributed by atoms with van der Waals surface area (Å²) in [6.45, 7) is 7.50. The number of carbonyl (C=O) groups is 4. The van der Waals surface area contributed by atoms with Crippen molar-refractivity contribution in [2.45, 2.75) is 45.3 Å². The number of esters is 3. The number of hydrogen-bond donors (Lipinski definition) is 1. The van der Waals surface area contributed by atoms with Gasteiger partial charge in [-0.3, -0.25) is 19.2 Å². The van der Waals surface area contributed by atoms with Crippen LogP contribution in [0.25, 0.3) is 11.0 Å². The molecular formula is C31H41ClN6O12. The summed E-state index contributed by atoms with van der Waals surface area (Å²) >= 11 is 6.33. The lowest BCUT2D eigenvalue weighted by molar-refractivity contribution is -0.166. The predicted molar refractivity (Wildman–Crippen MR) is 173 cm³/mol. The van der Waals surface area contributed by atoms with Gasteiger partial charge >= 0.3 is 17.9 Å². The first-order valence-electron chi connectivity index (χ1n) is 15.9. The third-order valence-electron chi connectivity index (χ3n) is 7.39. The number of anilines is 1. The van der Waals surface area contributed by atoms with Gasteiger partial charge in [-0.2, -0.15) is 15.1 Å². The second-order valence-corrected chi connectivity index (χ2v) is 11.5. The molecule has 50 heavy (non-hydrogen) atoms. The maximum atomic E-state index is 12.7. The largest absolute Gasteiger partial charge is 0.463 e.